The molecule has 0 amide bonds. The molecular weight excluding hydrogens is 228 g/mol. The van der Waals surface area contributed by atoms with E-state index in [9.17, 15) is 0 Å². The number of rotatable bonds is 5. The van der Waals surface area contributed by atoms with Crippen LogP contribution in [0.5, 0.6) is 0 Å². The van der Waals surface area contributed by atoms with Crippen molar-refractivity contribution in [3.8, 4) is 0 Å². The third-order valence-electron chi connectivity index (χ3n) is 2.89. The number of nitrogens with one attached hydrogen (secondary N) is 1. The Hall–Kier alpha value is -1.19. The molecule has 2 aromatic rings. The molecule has 1 N–H and O–H groups in total. The van der Waals surface area contributed by atoms with E-state index in [1.807, 2.05) is 17.6 Å². The molecule has 0 spiro atoms. The lowest BCUT2D eigenvalue weighted by molar-refractivity contribution is 0.486. The predicted molar refractivity (Wildman–Crippen MR) is 73.3 cm³/mol. The molecule has 2 nitrogen and oxygen atoms in total. The molecule has 0 aliphatic heterocycles. The molecule has 0 fully saturated rings. The van der Waals surface area contributed by atoms with Crippen molar-refractivity contribution in [2.75, 3.05) is 0 Å². The Balaban J connectivity index is 2.25. The van der Waals surface area contributed by atoms with E-state index in [1.54, 1.807) is 11.3 Å². The van der Waals surface area contributed by atoms with Gasteiger partial charge in [0.05, 0.1) is 6.04 Å². The molecule has 1 aromatic heterocycles. The van der Waals surface area contributed by atoms with Gasteiger partial charge in [0, 0.05) is 17.6 Å². The molecule has 0 radical (unpaired) electrons. The number of benzene rings is 1. The minimum Gasteiger partial charge on any atom is -0.302 e. The number of nitrogens with zero attached hydrogens (tertiary/aromatic N) is 1. The molecule has 17 heavy (non-hydrogen) atoms. The van der Waals surface area contributed by atoms with Gasteiger partial charge in [0.25, 0.3) is 0 Å². The normalized spacial score (nSPS) is 14.5. The topological polar surface area (TPSA) is 24.9 Å². The highest BCUT2D eigenvalue weighted by atomic mass is 32.1. The third-order valence-corrected chi connectivity index (χ3v) is 3.74. The van der Waals surface area contributed by atoms with Crippen LogP contribution in [0.3, 0.4) is 0 Å². The van der Waals surface area contributed by atoms with Crippen LogP contribution in [0, 0.1) is 0 Å². The Kier molecular flexibility index (Phi) is 4.29. The van der Waals surface area contributed by atoms with Gasteiger partial charge in [0.1, 0.15) is 5.01 Å². The second kappa shape index (κ2) is 5.94. The fourth-order valence-electron chi connectivity index (χ4n) is 1.73. The van der Waals surface area contributed by atoms with Crippen LogP contribution >= 0.6 is 11.3 Å². The van der Waals surface area contributed by atoms with E-state index in [0.717, 1.165) is 11.4 Å². The zero-order valence-electron chi connectivity index (χ0n) is 10.3. The SMILES string of the molecule is CC[C@@H](C)N[C@@H](c1ccccc1)c1nccs1. The van der Waals surface area contributed by atoms with Crippen LogP contribution in [0.15, 0.2) is 41.9 Å². The lowest BCUT2D eigenvalue weighted by Crippen LogP contribution is -2.30. The molecule has 1 heterocycles. The molecule has 0 aliphatic rings. The van der Waals surface area contributed by atoms with Crippen molar-refractivity contribution in [2.45, 2.75) is 32.4 Å². The quantitative estimate of drug-likeness (QED) is 0.871. The second-order valence-electron chi connectivity index (χ2n) is 4.19. The molecule has 0 saturated carbocycles. The maximum absolute atomic E-state index is 4.44. The van der Waals surface area contributed by atoms with Gasteiger partial charge in [0.15, 0.2) is 0 Å². The lowest BCUT2D eigenvalue weighted by Gasteiger charge is -2.21. The summed E-state index contributed by atoms with van der Waals surface area (Å²) in [6.45, 7) is 4.41. The van der Waals surface area contributed by atoms with E-state index in [1.165, 1.54) is 5.56 Å². The Morgan fingerprint density at radius 3 is 2.65 bits per heavy atom. The fourth-order valence-corrected chi connectivity index (χ4v) is 2.46. The monoisotopic (exact) mass is 246 g/mol. The van der Waals surface area contributed by atoms with E-state index in [0.29, 0.717) is 6.04 Å². The Morgan fingerprint density at radius 2 is 2.06 bits per heavy atom. The predicted octanol–water partition coefficient (Wildman–Crippen LogP) is 3.62. The standard InChI is InChI=1S/C14H18N2S/c1-3-11(2)16-13(14-15-9-10-17-14)12-7-5-4-6-8-12/h4-11,13,16H,3H2,1-2H3/t11-,13+/m1/s1. The molecule has 90 valence electrons. The van der Waals surface area contributed by atoms with Crippen molar-refractivity contribution >= 4 is 11.3 Å². The number of hydrogen-bond donors (Lipinski definition) is 1. The molecule has 3 heteroatoms. The fraction of sp³-hybridized carbons (Fsp3) is 0.357. The smallest absolute Gasteiger partial charge is 0.114 e. The Labute approximate surface area is 107 Å². The minimum atomic E-state index is 0.214. The first-order chi connectivity index (χ1) is 8.31. The Morgan fingerprint density at radius 1 is 1.29 bits per heavy atom. The van der Waals surface area contributed by atoms with Crippen LogP contribution in [-0.4, -0.2) is 11.0 Å². The highest BCUT2D eigenvalue weighted by molar-refractivity contribution is 7.09. The third kappa shape index (κ3) is 3.14. The second-order valence-corrected chi connectivity index (χ2v) is 5.12. The maximum Gasteiger partial charge on any atom is 0.114 e. The van der Waals surface area contributed by atoms with Gasteiger partial charge in [0.2, 0.25) is 0 Å². The summed E-state index contributed by atoms with van der Waals surface area (Å²) in [5.41, 5.74) is 1.28. The van der Waals surface area contributed by atoms with E-state index >= 15 is 0 Å². The lowest BCUT2D eigenvalue weighted by atomic mass is 10.1. The molecule has 0 bridgehead atoms. The summed E-state index contributed by atoms with van der Waals surface area (Å²) >= 11 is 1.70. The Bertz CT molecular complexity index is 425. The van der Waals surface area contributed by atoms with Gasteiger partial charge in [-0.05, 0) is 18.9 Å². The van der Waals surface area contributed by atoms with Gasteiger partial charge >= 0.3 is 0 Å². The van der Waals surface area contributed by atoms with Gasteiger partial charge in [-0.25, -0.2) is 4.98 Å². The summed E-state index contributed by atoms with van der Waals surface area (Å²) < 4.78 is 0. The van der Waals surface area contributed by atoms with Gasteiger partial charge in [-0.15, -0.1) is 11.3 Å². The van der Waals surface area contributed by atoms with Crippen molar-refractivity contribution in [2.24, 2.45) is 0 Å². The average Bonchev–Trinajstić information content (AvgIpc) is 2.90. The van der Waals surface area contributed by atoms with Gasteiger partial charge < -0.3 is 5.32 Å². The van der Waals surface area contributed by atoms with Crippen LogP contribution < -0.4 is 5.32 Å². The summed E-state index contributed by atoms with van der Waals surface area (Å²) in [6.07, 6.45) is 2.99. The molecular formula is C14H18N2S. The molecule has 0 saturated heterocycles. The van der Waals surface area contributed by atoms with Crippen LogP contribution in [0.4, 0.5) is 0 Å². The number of hydrogen-bond acceptors (Lipinski definition) is 3. The molecule has 2 rings (SSSR count). The van der Waals surface area contributed by atoms with E-state index < -0.39 is 0 Å². The summed E-state index contributed by atoms with van der Waals surface area (Å²) in [5.74, 6) is 0. The van der Waals surface area contributed by atoms with Crippen molar-refractivity contribution in [1.29, 1.82) is 0 Å². The first kappa shape index (κ1) is 12.3. The zero-order chi connectivity index (χ0) is 12.1. The van der Waals surface area contributed by atoms with Crippen molar-refractivity contribution < 1.29 is 0 Å². The number of thiazole rings is 1. The first-order valence-corrected chi connectivity index (χ1v) is 6.89. The van der Waals surface area contributed by atoms with Gasteiger partial charge in [-0.2, -0.15) is 0 Å². The molecule has 2 atom stereocenters. The van der Waals surface area contributed by atoms with Crippen molar-refractivity contribution in [3.05, 3.63) is 52.5 Å². The minimum absolute atomic E-state index is 0.214. The van der Waals surface area contributed by atoms with E-state index in [-0.39, 0.29) is 6.04 Å². The summed E-state index contributed by atoms with van der Waals surface area (Å²) in [5, 5.41) is 6.80. The number of aromatic nitrogens is 1. The molecule has 0 aliphatic carbocycles. The average molecular weight is 246 g/mol. The van der Waals surface area contributed by atoms with E-state index in [4.69, 9.17) is 0 Å². The highest BCUT2D eigenvalue weighted by Gasteiger charge is 2.17. The summed E-state index contributed by atoms with van der Waals surface area (Å²) in [7, 11) is 0. The van der Waals surface area contributed by atoms with E-state index in [2.05, 4.69) is 48.4 Å². The zero-order valence-corrected chi connectivity index (χ0v) is 11.1. The van der Waals surface area contributed by atoms with Crippen molar-refractivity contribution in [3.63, 3.8) is 0 Å². The van der Waals surface area contributed by atoms with Gasteiger partial charge in [-0.1, -0.05) is 37.3 Å². The molecule has 1 aromatic carbocycles. The first-order valence-electron chi connectivity index (χ1n) is 6.01. The van der Waals surface area contributed by atoms with Crippen LogP contribution in [0.1, 0.15) is 36.9 Å². The largest absolute Gasteiger partial charge is 0.302 e. The molecule has 0 unspecified atom stereocenters. The van der Waals surface area contributed by atoms with Crippen LogP contribution in [-0.2, 0) is 0 Å². The van der Waals surface area contributed by atoms with Crippen LogP contribution in [0.25, 0.3) is 0 Å². The van der Waals surface area contributed by atoms with Crippen molar-refractivity contribution in [1.82, 2.24) is 10.3 Å². The van der Waals surface area contributed by atoms with Crippen LogP contribution in [0.2, 0.25) is 0 Å². The summed E-state index contributed by atoms with van der Waals surface area (Å²) in [6, 6.07) is 11.2. The van der Waals surface area contributed by atoms with Gasteiger partial charge in [-0.3, -0.25) is 0 Å². The summed E-state index contributed by atoms with van der Waals surface area (Å²) in [4.78, 5) is 4.44. The highest BCUT2D eigenvalue weighted by Crippen LogP contribution is 2.24. The maximum atomic E-state index is 4.44.